The molecule has 2 rings (SSSR count). The standard InChI is InChI=1S/C20H21FO5/c1-4-25-20(24)18(11-14-5-7-15(21)8-6-14)26-19(23)16-9-10-17(22)13(3)12(16)2/h5-10,18,22H,4,11H2,1-3H3. The monoisotopic (exact) mass is 360 g/mol. The van der Waals surface area contributed by atoms with Crippen LogP contribution in [0.3, 0.4) is 0 Å². The minimum absolute atomic E-state index is 0.0704. The molecule has 26 heavy (non-hydrogen) atoms. The van der Waals surface area contributed by atoms with Gasteiger partial charge in [0.25, 0.3) is 0 Å². The number of halogens is 1. The van der Waals surface area contributed by atoms with Crippen molar-refractivity contribution in [3.05, 3.63) is 64.5 Å². The van der Waals surface area contributed by atoms with E-state index in [4.69, 9.17) is 9.47 Å². The number of aromatic hydroxyl groups is 1. The molecule has 5 nitrogen and oxygen atoms in total. The van der Waals surface area contributed by atoms with Crippen LogP contribution in [0.2, 0.25) is 0 Å². The molecule has 0 amide bonds. The van der Waals surface area contributed by atoms with Crippen LogP contribution in [0.4, 0.5) is 4.39 Å². The normalized spacial score (nSPS) is 11.7. The molecular weight excluding hydrogens is 339 g/mol. The lowest BCUT2D eigenvalue weighted by molar-refractivity contribution is -0.153. The van der Waals surface area contributed by atoms with Crippen LogP contribution >= 0.6 is 0 Å². The molecule has 0 bridgehead atoms. The van der Waals surface area contributed by atoms with Gasteiger partial charge in [0.15, 0.2) is 0 Å². The molecule has 0 aliphatic heterocycles. The molecule has 0 fully saturated rings. The summed E-state index contributed by atoms with van der Waals surface area (Å²) in [7, 11) is 0. The number of hydrogen-bond acceptors (Lipinski definition) is 5. The third-order valence-corrected chi connectivity index (χ3v) is 4.11. The highest BCUT2D eigenvalue weighted by Crippen LogP contribution is 2.24. The Morgan fingerprint density at radius 3 is 2.35 bits per heavy atom. The molecule has 0 spiro atoms. The summed E-state index contributed by atoms with van der Waals surface area (Å²) in [6.45, 7) is 5.17. The number of hydrogen-bond donors (Lipinski definition) is 1. The molecule has 6 heteroatoms. The van der Waals surface area contributed by atoms with Gasteiger partial charge in [-0.15, -0.1) is 0 Å². The van der Waals surface area contributed by atoms with Crippen molar-refractivity contribution in [3.63, 3.8) is 0 Å². The molecule has 138 valence electrons. The van der Waals surface area contributed by atoms with E-state index in [1.807, 2.05) is 0 Å². The average molecular weight is 360 g/mol. The number of benzene rings is 2. The predicted octanol–water partition coefficient (Wildman–Crippen LogP) is 3.48. The van der Waals surface area contributed by atoms with Gasteiger partial charge in [-0.05, 0) is 61.7 Å². The van der Waals surface area contributed by atoms with E-state index in [9.17, 15) is 19.1 Å². The van der Waals surface area contributed by atoms with Crippen LogP contribution in [0.25, 0.3) is 0 Å². The highest BCUT2D eigenvalue weighted by Gasteiger charge is 2.26. The first-order valence-electron chi connectivity index (χ1n) is 8.24. The molecule has 2 aromatic rings. The molecule has 0 heterocycles. The lowest BCUT2D eigenvalue weighted by Crippen LogP contribution is -2.31. The van der Waals surface area contributed by atoms with Crippen molar-refractivity contribution in [1.29, 1.82) is 0 Å². The summed E-state index contributed by atoms with van der Waals surface area (Å²) in [5.41, 5.74) is 2.02. The number of carbonyl (C=O) groups excluding carboxylic acids is 2. The molecule has 0 radical (unpaired) electrons. The smallest absolute Gasteiger partial charge is 0.347 e. The van der Waals surface area contributed by atoms with Gasteiger partial charge in [-0.2, -0.15) is 0 Å². The van der Waals surface area contributed by atoms with Gasteiger partial charge in [0.1, 0.15) is 11.6 Å². The van der Waals surface area contributed by atoms with E-state index in [1.54, 1.807) is 20.8 Å². The summed E-state index contributed by atoms with van der Waals surface area (Å²) in [5.74, 6) is -1.68. The van der Waals surface area contributed by atoms with Gasteiger partial charge in [0.05, 0.1) is 12.2 Å². The van der Waals surface area contributed by atoms with Crippen molar-refractivity contribution in [1.82, 2.24) is 0 Å². The summed E-state index contributed by atoms with van der Waals surface area (Å²) < 4.78 is 23.4. The van der Waals surface area contributed by atoms with Crippen LogP contribution in [0.5, 0.6) is 5.75 Å². The third-order valence-electron chi connectivity index (χ3n) is 4.11. The molecule has 1 unspecified atom stereocenters. The lowest BCUT2D eigenvalue weighted by atomic mass is 10.0. The molecule has 0 aliphatic rings. The first-order valence-corrected chi connectivity index (χ1v) is 8.24. The van der Waals surface area contributed by atoms with E-state index in [2.05, 4.69) is 0 Å². The summed E-state index contributed by atoms with van der Waals surface area (Å²) in [6, 6.07) is 8.43. The topological polar surface area (TPSA) is 72.8 Å². The molecule has 0 aromatic heterocycles. The van der Waals surface area contributed by atoms with Crippen molar-refractivity contribution in [3.8, 4) is 5.75 Å². The van der Waals surface area contributed by atoms with E-state index in [0.29, 0.717) is 16.7 Å². The summed E-state index contributed by atoms with van der Waals surface area (Å²) in [5, 5.41) is 9.71. The van der Waals surface area contributed by atoms with Crippen molar-refractivity contribution in [2.75, 3.05) is 6.61 Å². The van der Waals surface area contributed by atoms with Gasteiger partial charge in [-0.3, -0.25) is 0 Å². The second-order valence-corrected chi connectivity index (χ2v) is 5.86. The zero-order chi connectivity index (χ0) is 19.3. The Balaban J connectivity index is 2.23. The Morgan fingerprint density at radius 1 is 1.08 bits per heavy atom. The van der Waals surface area contributed by atoms with Crippen LogP contribution in [-0.2, 0) is 20.7 Å². The summed E-state index contributed by atoms with van der Waals surface area (Å²) in [4.78, 5) is 24.7. The minimum atomic E-state index is -1.15. The number of rotatable bonds is 6. The number of phenols is 1. The van der Waals surface area contributed by atoms with E-state index in [-0.39, 0.29) is 24.3 Å². The van der Waals surface area contributed by atoms with Crippen molar-refractivity contribution in [2.24, 2.45) is 0 Å². The molecule has 0 saturated heterocycles. The maximum Gasteiger partial charge on any atom is 0.347 e. The van der Waals surface area contributed by atoms with Crippen LogP contribution in [0.15, 0.2) is 36.4 Å². The largest absolute Gasteiger partial charge is 0.508 e. The molecule has 2 aromatic carbocycles. The fraction of sp³-hybridized carbons (Fsp3) is 0.300. The van der Waals surface area contributed by atoms with E-state index in [0.717, 1.165) is 0 Å². The van der Waals surface area contributed by atoms with Crippen molar-refractivity contribution in [2.45, 2.75) is 33.3 Å². The second-order valence-electron chi connectivity index (χ2n) is 5.86. The predicted molar refractivity (Wildman–Crippen MR) is 93.5 cm³/mol. The zero-order valence-electron chi connectivity index (χ0n) is 14.9. The quantitative estimate of drug-likeness (QED) is 0.799. The zero-order valence-corrected chi connectivity index (χ0v) is 14.9. The minimum Gasteiger partial charge on any atom is -0.508 e. The number of phenolic OH excluding ortho intramolecular Hbond substituents is 1. The molecule has 0 aliphatic carbocycles. The Kier molecular flexibility index (Phi) is 6.33. The van der Waals surface area contributed by atoms with Crippen LogP contribution in [-0.4, -0.2) is 29.8 Å². The van der Waals surface area contributed by atoms with Gasteiger partial charge in [0.2, 0.25) is 6.10 Å². The van der Waals surface area contributed by atoms with E-state index < -0.39 is 23.9 Å². The number of esters is 2. The van der Waals surface area contributed by atoms with E-state index in [1.165, 1.54) is 36.4 Å². The van der Waals surface area contributed by atoms with Crippen molar-refractivity contribution < 1.29 is 28.6 Å². The van der Waals surface area contributed by atoms with Crippen molar-refractivity contribution >= 4 is 11.9 Å². The van der Waals surface area contributed by atoms with Gasteiger partial charge in [-0.25, -0.2) is 14.0 Å². The van der Waals surface area contributed by atoms with Gasteiger partial charge in [-0.1, -0.05) is 12.1 Å². The first kappa shape index (κ1) is 19.4. The SMILES string of the molecule is CCOC(=O)C(Cc1ccc(F)cc1)OC(=O)c1ccc(O)c(C)c1C. The Hall–Kier alpha value is -2.89. The second kappa shape index (κ2) is 8.47. The Bertz CT molecular complexity index is 799. The Morgan fingerprint density at radius 2 is 1.73 bits per heavy atom. The summed E-state index contributed by atoms with van der Waals surface area (Å²) in [6.07, 6.45) is -1.08. The first-order chi connectivity index (χ1) is 12.3. The fourth-order valence-electron chi connectivity index (χ4n) is 2.46. The Labute approximate surface area is 151 Å². The fourth-order valence-corrected chi connectivity index (χ4v) is 2.46. The van der Waals surface area contributed by atoms with Gasteiger partial charge >= 0.3 is 11.9 Å². The number of carbonyl (C=O) groups is 2. The molecule has 1 atom stereocenters. The van der Waals surface area contributed by atoms with Crippen LogP contribution < -0.4 is 0 Å². The average Bonchev–Trinajstić information content (AvgIpc) is 2.61. The molecule has 1 N–H and O–H groups in total. The van der Waals surface area contributed by atoms with Crippen LogP contribution in [0.1, 0.15) is 34.0 Å². The highest BCUT2D eigenvalue weighted by atomic mass is 19.1. The van der Waals surface area contributed by atoms with E-state index >= 15 is 0 Å². The van der Waals surface area contributed by atoms with Gasteiger partial charge < -0.3 is 14.6 Å². The summed E-state index contributed by atoms with van der Waals surface area (Å²) >= 11 is 0. The lowest BCUT2D eigenvalue weighted by Gasteiger charge is -2.18. The third kappa shape index (κ3) is 4.59. The maximum absolute atomic E-state index is 13.1. The van der Waals surface area contributed by atoms with Gasteiger partial charge in [0, 0.05) is 6.42 Å². The molecule has 0 saturated carbocycles. The maximum atomic E-state index is 13.1. The van der Waals surface area contributed by atoms with Crippen LogP contribution in [0, 0.1) is 19.7 Å². The highest BCUT2D eigenvalue weighted by molar-refractivity contribution is 5.93. The molecular formula is C20H21FO5. The number of ether oxygens (including phenoxy) is 2.